The second-order valence-electron chi connectivity index (χ2n) is 3.40. The Morgan fingerprint density at radius 2 is 1.86 bits per heavy atom. The fourth-order valence-corrected chi connectivity index (χ4v) is 1.41. The van der Waals surface area contributed by atoms with Gasteiger partial charge in [0.1, 0.15) is 0 Å². The summed E-state index contributed by atoms with van der Waals surface area (Å²) >= 11 is 0. The first-order valence-corrected chi connectivity index (χ1v) is 5.47. The Labute approximate surface area is 86.9 Å². The minimum Gasteiger partial charge on any atom is -0.289 e. The van der Waals surface area contributed by atoms with Crippen molar-refractivity contribution < 1.29 is 0 Å². The van der Waals surface area contributed by atoms with Gasteiger partial charge in [0.2, 0.25) is 0 Å². The molecule has 0 radical (unpaired) electrons. The molecule has 0 saturated carbocycles. The zero-order valence-corrected chi connectivity index (χ0v) is 9.16. The molecule has 0 saturated heterocycles. The van der Waals surface area contributed by atoms with E-state index in [9.17, 15) is 0 Å². The summed E-state index contributed by atoms with van der Waals surface area (Å²) in [5.74, 6) is 0. The molecule has 14 heavy (non-hydrogen) atoms. The third-order valence-corrected chi connectivity index (χ3v) is 2.26. The Morgan fingerprint density at radius 1 is 1.14 bits per heavy atom. The number of rotatable bonds is 5. The van der Waals surface area contributed by atoms with E-state index in [4.69, 9.17) is 0 Å². The van der Waals surface area contributed by atoms with Crippen LogP contribution in [-0.2, 0) is 0 Å². The zero-order valence-electron chi connectivity index (χ0n) is 9.16. The Kier molecular flexibility index (Phi) is 4.98. The van der Waals surface area contributed by atoms with E-state index in [0.717, 1.165) is 13.0 Å². The highest BCUT2D eigenvalue weighted by Crippen LogP contribution is 2.04. The van der Waals surface area contributed by atoms with Crippen LogP contribution in [0.25, 0.3) is 0 Å². The van der Waals surface area contributed by atoms with E-state index in [1.807, 2.05) is 6.07 Å². The molecule has 0 bridgehead atoms. The molecule has 0 fully saturated rings. The van der Waals surface area contributed by atoms with Gasteiger partial charge in [0.25, 0.3) is 0 Å². The second kappa shape index (κ2) is 6.36. The number of unbranched alkanes of at least 4 members (excludes halogenated alkanes) is 1. The van der Waals surface area contributed by atoms with Crippen LogP contribution in [-0.4, -0.2) is 12.3 Å². The monoisotopic (exact) mass is 189 g/mol. The van der Waals surface area contributed by atoms with Crippen molar-refractivity contribution in [3.05, 3.63) is 35.9 Å². The standard InChI is InChI=1S/C13H19N/c1-3-5-11-14-13(4-2)12-9-7-6-8-10-12/h6-10H,3-5,11H2,1-2H3. The van der Waals surface area contributed by atoms with Crippen LogP contribution in [0.5, 0.6) is 0 Å². The summed E-state index contributed by atoms with van der Waals surface area (Å²) in [6.45, 7) is 5.33. The van der Waals surface area contributed by atoms with Gasteiger partial charge in [-0.3, -0.25) is 4.99 Å². The summed E-state index contributed by atoms with van der Waals surface area (Å²) in [6, 6.07) is 10.5. The van der Waals surface area contributed by atoms with Crippen molar-refractivity contribution >= 4 is 5.71 Å². The highest BCUT2D eigenvalue weighted by atomic mass is 14.7. The Balaban J connectivity index is 2.67. The van der Waals surface area contributed by atoms with Crippen molar-refractivity contribution in [2.45, 2.75) is 33.1 Å². The largest absolute Gasteiger partial charge is 0.289 e. The van der Waals surface area contributed by atoms with E-state index in [1.54, 1.807) is 0 Å². The molecule has 0 spiro atoms. The summed E-state index contributed by atoms with van der Waals surface area (Å²) in [4.78, 5) is 4.62. The van der Waals surface area contributed by atoms with Crippen LogP contribution < -0.4 is 0 Å². The van der Waals surface area contributed by atoms with E-state index in [0.29, 0.717) is 0 Å². The number of nitrogens with zero attached hydrogens (tertiary/aromatic N) is 1. The fraction of sp³-hybridized carbons (Fsp3) is 0.462. The Bertz CT molecular complexity index is 275. The lowest BCUT2D eigenvalue weighted by Gasteiger charge is -2.03. The van der Waals surface area contributed by atoms with Crippen molar-refractivity contribution in [2.24, 2.45) is 4.99 Å². The molecule has 76 valence electrons. The molecular weight excluding hydrogens is 170 g/mol. The summed E-state index contributed by atoms with van der Waals surface area (Å²) in [5.41, 5.74) is 2.50. The van der Waals surface area contributed by atoms with Gasteiger partial charge in [0, 0.05) is 12.3 Å². The molecule has 1 nitrogen and oxygen atoms in total. The SMILES string of the molecule is CCCCN=C(CC)c1ccccc1. The van der Waals surface area contributed by atoms with Gasteiger partial charge in [-0.05, 0) is 18.4 Å². The van der Waals surface area contributed by atoms with Crippen LogP contribution in [0.2, 0.25) is 0 Å². The van der Waals surface area contributed by atoms with Gasteiger partial charge in [-0.15, -0.1) is 0 Å². The predicted molar refractivity (Wildman–Crippen MR) is 63.0 cm³/mol. The minimum atomic E-state index is 0.967. The second-order valence-corrected chi connectivity index (χ2v) is 3.40. The van der Waals surface area contributed by atoms with Gasteiger partial charge >= 0.3 is 0 Å². The topological polar surface area (TPSA) is 12.4 Å². The van der Waals surface area contributed by atoms with Crippen LogP contribution in [0.3, 0.4) is 0 Å². The third-order valence-electron chi connectivity index (χ3n) is 2.26. The van der Waals surface area contributed by atoms with E-state index < -0.39 is 0 Å². The first kappa shape index (κ1) is 11.0. The fourth-order valence-electron chi connectivity index (χ4n) is 1.41. The molecule has 0 atom stereocenters. The summed E-state index contributed by atoms with van der Waals surface area (Å²) in [6.07, 6.45) is 3.43. The third kappa shape index (κ3) is 3.33. The maximum Gasteiger partial charge on any atom is 0.0417 e. The minimum absolute atomic E-state index is 0.967. The number of aliphatic imine (C=N–C) groups is 1. The quantitative estimate of drug-likeness (QED) is 0.495. The molecular formula is C13H19N. The van der Waals surface area contributed by atoms with Crippen molar-refractivity contribution in [2.75, 3.05) is 6.54 Å². The maximum absolute atomic E-state index is 4.62. The van der Waals surface area contributed by atoms with Gasteiger partial charge in [0.15, 0.2) is 0 Å². The molecule has 0 heterocycles. The highest BCUT2D eigenvalue weighted by molar-refractivity contribution is 6.00. The van der Waals surface area contributed by atoms with Crippen LogP contribution in [0.15, 0.2) is 35.3 Å². The highest BCUT2D eigenvalue weighted by Gasteiger charge is 1.98. The van der Waals surface area contributed by atoms with Gasteiger partial charge < -0.3 is 0 Å². The number of hydrogen-bond acceptors (Lipinski definition) is 1. The molecule has 1 rings (SSSR count). The summed E-state index contributed by atoms with van der Waals surface area (Å²) < 4.78 is 0. The Hall–Kier alpha value is -1.11. The van der Waals surface area contributed by atoms with E-state index >= 15 is 0 Å². The normalized spacial score (nSPS) is 11.7. The Morgan fingerprint density at radius 3 is 2.43 bits per heavy atom. The van der Waals surface area contributed by atoms with Gasteiger partial charge in [-0.2, -0.15) is 0 Å². The smallest absolute Gasteiger partial charge is 0.0417 e. The van der Waals surface area contributed by atoms with Crippen LogP contribution in [0, 0.1) is 0 Å². The molecule has 1 aromatic carbocycles. The van der Waals surface area contributed by atoms with Crippen molar-refractivity contribution in [1.82, 2.24) is 0 Å². The molecule has 0 aromatic heterocycles. The molecule has 0 aliphatic rings. The number of hydrogen-bond donors (Lipinski definition) is 0. The lowest BCUT2D eigenvalue weighted by atomic mass is 10.1. The average molecular weight is 189 g/mol. The van der Waals surface area contributed by atoms with Crippen molar-refractivity contribution in [3.63, 3.8) is 0 Å². The molecule has 1 aromatic rings. The lowest BCUT2D eigenvalue weighted by molar-refractivity contribution is 0.806. The first-order chi connectivity index (χ1) is 6.88. The van der Waals surface area contributed by atoms with Crippen LogP contribution >= 0.6 is 0 Å². The van der Waals surface area contributed by atoms with E-state index in [1.165, 1.54) is 24.1 Å². The molecule has 0 aliphatic carbocycles. The van der Waals surface area contributed by atoms with Crippen molar-refractivity contribution in [1.29, 1.82) is 0 Å². The maximum atomic E-state index is 4.62. The van der Waals surface area contributed by atoms with E-state index in [-0.39, 0.29) is 0 Å². The molecule has 1 heteroatoms. The predicted octanol–water partition coefficient (Wildman–Crippen LogP) is 3.69. The molecule has 0 amide bonds. The zero-order chi connectivity index (χ0) is 10.2. The number of benzene rings is 1. The van der Waals surface area contributed by atoms with Crippen LogP contribution in [0.4, 0.5) is 0 Å². The first-order valence-electron chi connectivity index (χ1n) is 5.47. The van der Waals surface area contributed by atoms with Crippen LogP contribution in [0.1, 0.15) is 38.7 Å². The summed E-state index contributed by atoms with van der Waals surface area (Å²) in [5, 5.41) is 0. The van der Waals surface area contributed by atoms with Gasteiger partial charge in [-0.25, -0.2) is 0 Å². The van der Waals surface area contributed by atoms with Gasteiger partial charge in [-0.1, -0.05) is 50.6 Å². The van der Waals surface area contributed by atoms with Gasteiger partial charge in [0.05, 0.1) is 0 Å². The lowest BCUT2D eigenvalue weighted by Crippen LogP contribution is -1.99. The molecule has 0 aliphatic heterocycles. The van der Waals surface area contributed by atoms with E-state index in [2.05, 4.69) is 43.1 Å². The molecule has 0 N–H and O–H groups in total. The summed E-state index contributed by atoms with van der Waals surface area (Å²) in [7, 11) is 0. The average Bonchev–Trinajstić information content (AvgIpc) is 2.26. The van der Waals surface area contributed by atoms with Crippen molar-refractivity contribution in [3.8, 4) is 0 Å². The molecule has 0 unspecified atom stereocenters.